The quantitative estimate of drug-likeness (QED) is 0.563. The van der Waals surface area contributed by atoms with Gasteiger partial charge in [0.05, 0.1) is 12.7 Å². The third-order valence-electron chi connectivity index (χ3n) is 5.44. The van der Waals surface area contributed by atoms with Gasteiger partial charge in [0.25, 0.3) is 5.91 Å². The van der Waals surface area contributed by atoms with Crippen LogP contribution >= 0.6 is 11.5 Å². The van der Waals surface area contributed by atoms with E-state index in [0.717, 1.165) is 49.2 Å². The Hall–Kier alpha value is -3.04. The minimum absolute atomic E-state index is 0.122. The fraction of sp³-hybridized carbons (Fsp3) is 0.348. The summed E-state index contributed by atoms with van der Waals surface area (Å²) in [6.07, 6.45) is 0.600. The van der Waals surface area contributed by atoms with Gasteiger partial charge in [-0.1, -0.05) is 24.3 Å². The Morgan fingerprint density at radius 3 is 2.62 bits per heavy atom. The first-order chi connectivity index (χ1) is 15.6. The molecule has 1 amide bonds. The van der Waals surface area contributed by atoms with Crippen LogP contribution in [0.15, 0.2) is 48.5 Å². The average Bonchev–Trinajstić information content (AvgIpc) is 3.29. The third-order valence-corrected chi connectivity index (χ3v) is 6.26. The molecule has 0 radical (unpaired) electrons. The summed E-state index contributed by atoms with van der Waals surface area (Å²) in [5.74, 6) is 0.981. The number of amides is 1. The summed E-state index contributed by atoms with van der Waals surface area (Å²) in [6, 6.07) is 13.7. The molecule has 1 fully saturated rings. The molecule has 1 N–H and O–H groups in total. The standard InChI is InChI=1S/C23H26FN5O2S/c1-31-20-5-3-2-4-19(20)22(30)25-10-11-28-12-14-29(15-13-28)23-26-21(27-32-23)16-17-6-8-18(24)9-7-17/h2-9H,10-16H2,1H3,(H,25,30). The van der Waals surface area contributed by atoms with E-state index in [1.54, 1.807) is 31.4 Å². The molecule has 3 aromatic rings. The van der Waals surface area contributed by atoms with Gasteiger partial charge in [-0.3, -0.25) is 9.69 Å². The summed E-state index contributed by atoms with van der Waals surface area (Å²) >= 11 is 1.41. The normalized spacial score (nSPS) is 14.4. The summed E-state index contributed by atoms with van der Waals surface area (Å²) in [5.41, 5.74) is 1.54. The minimum Gasteiger partial charge on any atom is -0.496 e. The number of carbonyl (C=O) groups excluding carboxylic acids is 1. The zero-order chi connectivity index (χ0) is 22.3. The summed E-state index contributed by atoms with van der Waals surface area (Å²) in [5, 5.41) is 3.90. The summed E-state index contributed by atoms with van der Waals surface area (Å²) in [7, 11) is 1.56. The molecule has 2 heterocycles. The second-order valence-corrected chi connectivity index (χ2v) is 8.31. The molecule has 0 bridgehead atoms. The third kappa shape index (κ3) is 5.60. The van der Waals surface area contributed by atoms with Crippen LogP contribution in [0.4, 0.5) is 9.52 Å². The van der Waals surface area contributed by atoms with Crippen molar-refractivity contribution < 1.29 is 13.9 Å². The molecule has 2 aromatic carbocycles. The van der Waals surface area contributed by atoms with Gasteiger partial charge in [0.15, 0.2) is 0 Å². The summed E-state index contributed by atoms with van der Waals surface area (Å²) < 4.78 is 22.8. The molecule has 7 nitrogen and oxygen atoms in total. The maximum absolute atomic E-state index is 13.1. The van der Waals surface area contributed by atoms with E-state index < -0.39 is 0 Å². The molecular weight excluding hydrogens is 429 g/mol. The molecule has 0 saturated carbocycles. The number of nitrogens with zero attached hydrogens (tertiary/aromatic N) is 4. The van der Waals surface area contributed by atoms with E-state index in [2.05, 4.69) is 24.5 Å². The maximum atomic E-state index is 13.1. The van der Waals surface area contributed by atoms with Crippen molar-refractivity contribution in [3.8, 4) is 5.75 Å². The predicted octanol–water partition coefficient (Wildman–Crippen LogP) is 2.83. The molecule has 1 saturated heterocycles. The number of halogens is 1. The second-order valence-electron chi connectivity index (χ2n) is 7.58. The molecule has 0 unspecified atom stereocenters. The number of nitrogens with one attached hydrogen (secondary N) is 1. The van der Waals surface area contributed by atoms with Crippen LogP contribution in [-0.4, -0.2) is 66.5 Å². The number of hydrogen-bond donors (Lipinski definition) is 1. The number of aromatic nitrogens is 2. The topological polar surface area (TPSA) is 70.6 Å². The fourth-order valence-corrected chi connectivity index (χ4v) is 4.38. The van der Waals surface area contributed by atoms with Crippen molar-refractivity contribution in [1.29, 1.82) is 0 Å². The first-order valence-corrected chi connectivity index (χ1v) is 11.4. The first kappa shape index (κ1) is 22.2. The number of carbonyl (C=O) groups is 1. The number of hydrogen-bond acceptors (Lipinski definition) is 7. The number of ether oxygens (including phenoxy) is 1. The van der Waals surface area contributed by atoms with Gasteiger partial charge < -0.3 is 15.0 Å². The Bertz CT molecular complexity index is 1030. The summed E-state index contributed by atoms with van der Waals surface area (Å²) in [4.78, 5) is 21.6. The van der Waals surface area contributed by atoms with Crippen molar-refractivity contribution in [1.82, 2.24) is 19.6 Å². The van der Waals surface area contributed by atoms with E-state index in [4.69, 9.17) is 4.74 Å². The van der Waals surface area contributed by atoms with Crippen molar-refractivity contribution in [2.75, 3.05) is 51.3 Å². The molecule has 0 spiro atoms. The van der Waals surface area contributed by atoms with E-state index in [-0.39, 0.29) is 11.7 Å². The Labute approximate surface area is 191 Å². The van der Waals surface area contributed by atoms with Gasteiger partial charge in [0, 0.05) is 57.2 Å². The Kier molecular flexibility index (Phi) is 7.28. The van der Waals surface area contributed by atoms with E-state index in [1.807, 2.05) is 12.1 Å². The molecule has 1 aliphatic rings. The Balaban J connectivity index is 1.21. The highest BCUT2D eigenvalue weighted by atomic mass is 32.1. The van der Waals surface area contributed by atoms with E-state index in [0.29, 0.717) is 24.3 Å². The molecule has 168 valence electrons. The van der Waals surface area contributed by atoms with Crippen LogP contribution in [0.2, 0.25) is 0 Å². The largest absolute Gasteiger partial charge is 0.496 e. The Morgan fingerprint density at radius 1 is 1.12 bits per heavy atom. The van der Waals surface area contributed by atoms with Crippen LogP contribution in [0.5, 0.6) is 5.75 Å². The molecule has 32 heavy (non-hydrogen) atoms. The van der Waals surface area contributed by atoms with Crippen molar-refractivity contribution in [2.24, 2.45) is 0 Å². The van der Waals surface area contributed by atoms with Gasteiger partial charge in [-0.25, -0.2) is 9.37 Å². The zero-order valence-corrected chi connectivity index (χ0v) is 18.8. The van der Waals surface area contributed by atoms with Gasteiger partial charge in [-0.05, 0) is 29.8 Å². The number of para-hydroxylation sites is 1. The number of anilines is 1. The first-order valence-electron chi connectivity index (χ1n) is 10.6. The van der Waals surface area contributed by atoms with E-state index in [1.165, 1.54) is 23.7 Å². The molecule has 4 rings (SSSR count). The van der Waals surface area contributed by atoms with Crippen LogP contribution < -0.4 is 15.0 Å². The number of rotatable bonds is 8. The fourth-order valence-electron chi connectivity index (χ4n) is 3.65. The van der Waals surface area contributed by atoms with E-state index in [9.17, 15) is 9.18 Å². The second kappa shape index (κ2) is 10.5. The highest BCUT2D eigenvalue weighted by Crippen LogP contribution is 2.21. The number of benzene rings is 2. The number of methoxy groups -OCH3 is 1. The lowest BCUT2D eigenvalue weighted by Gasteiger charge is -2.34. The van der Waals surface area contributed by atoms with Crippen molar-refractivity contribution >= 4 is 22.6 Å². The molecule has 0 aliphatic carbocycles. The lowest BCUT2D eigenvalue weighted by Crippen LogP contribution is -2.48. The van der Waals surface area contributed by atoms with Crippen LogP contribution in [-0.2, 0) is 6.42 Å². The molecule has 1 aliphatic heterocycles. The zero-order valence-electron chi connectivity index (χ0n) is 18.0. The van der Waals surface area contributed by atoms with Gasteiger partial charge in [-0.2, -0.15) is 4.37 Å². The highest BCUT2D eigenvalue weighted by Gasteiger charge is 2.20. The lowest BCUT2D eigenvalue weighted by molar-refractivity contribution is 0.0944. The van der Waals surface area contributed by atoms with Crippen molar-refractivity contribution in [3.63, 3.8) is 0 Å². The van der Waals surface area contributed by atoms with Crippen molar-refractivity contribution in [3.05, 3.63) is 71.3 Å². The molecule has 9 heteroatoms. The van der Waals surface area contributed by atoms with Gasteiger partial charge in [-0.15, -0.1) is 0 Å². The van der Waals surface area contributed by atoms with Crippen LogP contribution in [0.3, 0.4) is 0 Å². The van der Waals surface area contributed by atoms with Gasteiger partial charge in [0.2, 0.25) is 5.13 Å². The SMILES string of the molecule is COc1ccccc1C(=O)NCCN1CCN(c2nc(Cc3ccc(F)cc3)ns2)CC1. The molecular formula is C23H26FN5O2S. The average molecular weight is 456 g/mol. The smallest absolute Gasteiger partial charge is 0.255 e. The minimum atomic E-state index is -0.238. The van der Waals surface area contributed by atoms with Crippen molar-refractivity contribution in [2.45, 2.75) is 6.42 Å². The monoisotopic (exact) mass is 455 g/mol. The maximum Gasteiger partial charge on any atom is 0.255 e. The van der Waals surface area contributed by atoms with E-state index >= 15 is 0 Å². The van der Waals surface area contributed by atoms with Crippen LogP contribution in [0.25, 0.3) is 0 Å². The van der Waals surface area contributed by atoms with Gasteiger partial charge >= 0.3 is 0 Å². The predicted molar refractivity (Wildman–Crippen MR) is 123 cm³/mol. The summed E-state index contributed by atoms with van der Waals surface area (Å²) in [6.45, 7) is 4.91. The molecule has 0 atom stereocenters. The molecule has 1 aromatic heterocycles. The van der Waals surface area contributed by atoms with Crippen LogP contribution in [0, 0.1) is 5.82 Å². The highest BCUT2D eigenvalue weighted by molar-refractivity contribution is 7.09. The van der Waals surface area contributed by atoms with Gasteiger partial charge in [0.1, 0.15) is 17.4 Å². The lowest BCUT2D eigenvalue weighted by atomic mass is 10.1. The van der Waals surface area contributed by atoms with Crippen LogP contribution in [0.1, 0.15) is 21.7 Å². The Morgan fingerprint density at radius 2 is 1.88 bits per heavy atom. The number of piperazine rings is 1.